The number of rotatable bonds is 7. The predicted octanol–water partition coefficient (Wildman–Crippen LogP) is 2.55. The van der Waals surface area contributed by atoms with Crippen molar-refractivity contribution in [1.82, 2.24) is 14.5 Å². The molecule has 0 aliphatic heterocycles. The number of carboxylic acid groups (broad SMARTS) is 1. The number of imidazole rings is 1. The van der Waals surface area contributed by atoms with Gasteiger partial charge in [0.15, 0.2) is 0 Å². The lowest BCUT2D eigenvalue weighted by Gasteiger charge is -2.22. The lowest BCUT2D eigenvalue weighted by molar-refractivity contribution is -0.148. The van der Waals surface area contributed by atoms with E-state index in [0.29, 0.717) is 11.6 Å². The maximum absolute atomic E-state index is 12.6. The standard InChI is InChI=1S/C20H21N3O4/c1-14(20(25)26)22(2)19(24)12-23-17-11-7-6-10-16(17)21-18(23)13-27-15-8-4-3-5-9-15/h3-11,14H,12-13H2,1-2H3,(H,25,26). The molecule has 140 valence electrons. The maximum Gasteiger partial charge on any atom is 0.326 e. The molecule has 1 atom stereocenters. The molecule has 0 radical (unpaired) electrons. The molecule has 0 fully saturated rings. The van der Waals surface area contributed by atoms with Gasteiger partial charge in [0.25, 0.3) is 0 Å². The zero-order valence-electron chi connectivity index (χ0n) is 15.2. The summed E-state index contributed by atoms with van der Waals surface area (Å²) in [5, 5.41) is 9.13. The van der Waals surface area contributed by atoms with Crippen molar-refractivity contribution in [2.24, 2.45) is 0 Å². The number of carboxylic acids is 1. The fourth-order valence-corrected chi connectivity index (χ4v) is 2.71. The number of aliphatic carboxylic acids is 1. The Morgan fingerprint density at radius 1 is 1.15 bits per heavy atom. The number of carbonyl (C=O) groups is 2. The highest BCUT2D eigenvalue weighted by molar-refractivity contribution is 5.85. The van der Waals surface area contributed by atoms with Crippen molar-refractivity contribution in [2.45, 2.75) is 26.1 Å². The highest BCUT2D eigenvalue weighted by Gasteiger charge is 2.23. The van der Waals surface area contributed by atoms with Crippen LogP contribution in [0.25, 0.3) is 11.0 Å². The number of ether oxygens (including phenoxy) is 1. The van der Waals surface area contributed by atoms with E-state index in [9.17, 15) is 9.59 Å². The average Bonchev–Trinajstić information content (AvgIpc) is 3.03. The number of nitrogens with zero attached hydrogens (tertiary/aromatic N) is 3. The van der Waals surface area contributed by atoms with Crippen molar-refractivity contribution in [1.29, 1.82) is 0 Å². The van der Waals surface area contributed by atoms with E-state index in [1.54, 1.807) is 4.57 Å². The third-order valence-corrected chi connectivity index (χ3v) is 4.47. The van der Waals surface area contributed by atoms with Gasteiger partial charge in [-0.15, -0.1) is 0 Å². The molecule has 27 heavy (non-hydrogen) atoms. The zero-order valence-corrected chi connectivity index (χ0v) is 15.2. The van der Waals surface area contributed by atoms with Gasteiger partial charge in [0.1, 0.15) is 30.8 Å². The van der Waals surface area contributed by atoms with Gasteiger partial charge in [0.05, 0.1) is 11.0 Å². The van der Waals surface area contributed by atoms with E-state index in [1.807, 2.05) is 54.6 Å². The first kappa shape index (κ1) is 18.4. The third-order valence-electron chi connectivity index (χ3n) is 4.47. The molecule has 0 saturated heterocycles. The van der Waals surface area contributed by atoms with Crippen LogP contribution in [0, 0.1) is 0 Å². The van der Waals surface area contributed by atoms with E-state index in [0.717, 1.165) is 11.0 Å². The summed E-state index contributed by atoms with van der Waals surface area (Å²) < 4.78 is 7.56. The van der Waals surface area contributed by atoms with Crippen LogP contribution in [0.2, 0.25) is 0 Å². The summed E-state index contributed by atoms with van der Waals surface area (Å²) in [5.41, 5.74) is 1.56. The van der Waals surface area contributed by atoms with E-state index in [2.05, 4.69) is 4.98 Å². The van der Waals surface area contributed by atoms with Gasteiger partial charge < -0.3 is 19.3 Å². The Kier molecular flexibility index (Phi) is 5.40. The SMILES string of the molecule is CC(C(=O)O)N(C)C(=O)Cn1c(COc2ccccc2)nc2ccccc21. The normalized spacial score (nSPS) is 11.9. The van der Waals surface area contributed by atoms with Crippen molar-refractivity contribution in [3.05, 3.63) is 60.4 Å². The Morgan fingerprint density at radius 2 is 1.81 bits per heavy atom. The molecule has 1 aromatic heterocycles. The van der Waals surface area contributed by atoms with Gasteiger partial charge in [-0.25, -0.2) is 9.78 Å². The quantitative estimate of drug-likeness (QED) is 0.694. The molecule has 0 saturated carbocycles. The Bertz CT molecular complexity index is 952. The van der Waals surface area contributed by atoms with E-state index in [-0.39, 0.29) is 19.1 Å². The number of carbonyl (C=O) groups excluding carboxylic acids is 1. The van der Waals surface area contributed by atoms with Crippen LogP contribution >= 0.6 is 0 Å². The molecule has 1 unspecified atom stereocenters. The fraction of sp³-hybridized carbons (Fsp3) is 0.250. The second-order valence-electron chi connectivity index (χ2n) is 6.22. The van der Waals surface area contributed by atoms with Gasteiger partial charge >= 0.3 is 5.97 Å². The van der Waals surface area contributed by atoms with Gasteiger partial charge in [0.2, 0.25) is 5.91 Å². The summed E-state index contributed by atoms with van der Waals surface area (Å²) in [6, 6.07) is 15.9. The molecule has 1 amide bonds. The number of amides is 1. The van der Waals surface area contributed by atoms with E-state index in [1.165, 1.54) is 18.9 Å². The first-order valence-corrected chi connectivity index (χ1v) is 8.58. The van der Waals surface area contributed by atoms with Crippen LogP contribution in [-0.4, -0.2) is 44.5 Å². The second kappa shape index (κ2) is 7.90. The van der Waals surface area contributed by atoms with Crippen LogP contribution in [0.3, 0.4) is 0 Å². The van der Waals surface area contributed by atoms with Gasteiger partial charge in [-0.05, 0) is 31.2 Å². The third kappa shape index (κ3) is 4.08. The van der Waals surface area contributed by atoms with Gasteiger partial charge in [-0.3, -0.25) is 4.79 Å². The van der Waals surface area contributed by atoms with Crippen LogP contribution in [0.15, 0.2) is 54.6 Å². The minimum absolute atomic E-state index is 0.0118. The maximum atomic E-state index is 12.6. The predicted molar refractivity (Wildman–Crippen MR) is 100 cm³/mol. The highest BCUT2D eigenvalue weighted by Crippen LogP contribution is 2.19. The Hall–Kier alpha value is -3.35. The average molecular weight is 367 g/mol. The molecule has 1 heterocycles. The molecule has 7 nitrogen and oxygen atoms in total. The summed E-state index contributed by atoms with van der Waals surface area (Å²) in [7, 11) is 1.49. The summed E-state index contributed by atoms with van der Waals surface area (Å²) in [6.45, 7) is 1.66. The zero-order chi connectivity index (χ0) is 19.4. The van der Waals surface area contributed by atoms with E-state index < -0.39 is 12.0 Å². The molecule has 0 aliphatic carbocycles. The minimum atomic E-state index is -1.05. The van der Waals surface area contributed by atoms with Crippen molar-refractivity contribution in [2.75, 3.05) is 7.05 Å². The number of fused-ring (bicyclic) bond motifs is 1. The largest absolute Gasteiger partial charge is 0.486 e. The summed E-state index contributed by atoms with van der Waals surface area (Å²) in [4.78, 5) is 29.5. The lowest BCUT2D eigenvalue weighted by atomic mass is 10.3. The molecule has 3 aromatic rings. The highest BCUT2D eigenvalue weighted by atomic mass is 16.5. The minimum Gasteiger partial charge on any atom is -0.486 e. The Balaban J connectivity index is 1.86. The van der Waals surface area contributed by atoms with E-state index >= 15 is 0 Å². The van der Waals surface area contributed by atoms with Crippen LogP contribution in [0.4, 0.5) is 0 Å². The number of aromatic nitrogens is 2. The van der Waals surface area contributed by atoms with Crippen LogP contribution < -0.4 is 4.74 Å². The summed E-state index contributed by atoms with van der Waals surface area (Å²) >= 11 is 0. The molecule has 0 spiro atoms. The molecule has 3 rings (SSSR count). The number of para-hydroxylation sites is 3. The van der Waals surface area contributed by atoms with Crippen molar-refractivity contribution in [3.8, 4) is 5.75 Å². The molecule has 0 aliphatic rings. The Labute approximate surface area is 156 Å². The molecule has 7 heteroatoms. The lowest BCUT2D eigenvalue weighted by Crippen LogP contribution is -2.42. The molecule has 2 aromatic carbocycles. The van der Waals surface area contributed by atoms with Gasteiger partial charge in [-0.2, -0.15) is 0 Å². The van der Waals surface area contributed by atoms with Gasteiger partial charge in [0, 0.05) is 7.05 Å². The first-order chi connectivity index (χ1) is 13.0. The van der Waals surface area contributed by atoms with Crippen LogP contribution in [-0.2, 0) is 22.7 Å². The number of hydrogen-bond donors (Lipinski definition) is 1. The van der Waals surface area contributed by atoms with Crippen molar-refractivity contribution < 1.29 is 19.4 Å². The van der Waals surface area contributed by atoms with Crippen LogP contribution in [0.1, 0.15) is 12.7 Å². The summed E-state index contributed by atoms with van der Waals surface area (Å²) in [6.07, 6.45) is 0. The molecule has 1 N–H and O–H groups in total. The van der Waals surface area contributed by atoms with Crippen LogP contribution in [0.5, 0.6) is 5.75 Å². The number of hydrogen-bond acceptors (Lipinski definition) is 4. The first-order valence-electron chi connectivity index (χ1n) is 8.58. The fourth-order valence-electron chi connectivity index (χ4n) is 2.71. The Morgan fingerprint density at radius 3 is 2.52 bits per heavy atom. The molecular weight excluding hydrogens is 346 g/mol. The molecular formula is C20H21N3O4. The van der Waals surface area contributed by atoms with Crippen molar-refractivity contribution in [3.63, 3.8) is 0 Å². The van der Waals surface area contributed by atoms with Crippen molar-refractivity contribution >= 4 is 22.9 Å². The monoisotopic (exact) mass is 367 g/mol. The summed E-state index contributed by atoms with van der Waals surface area (Å²) in [5.74, 6) is -0.0492. The van der Waals surface area contributed by atoms with Gasteiger partial charge in [-0.1, -0.05) is 30.3 Å². The number of benzene rings is 2. The molecule has 0 bridgehead atoms. The second-order valence-corrected chi connectivity index (χ2v) is 6.22. The smallest absolute Gasteiger partial charge is 0.326 e. The van der Waals surface area contributed by atoms with E-state index in [4.69, 9.17) is 9.84 Å². The topological polar surface area (TPSA) is 84.7 Å². The number of likely N-dealkylation sites (N-methyl/N-ethyl adjacent to an activating group) is 1.